The van der Waals surface area contributed by atoms with Gasteiger partial charge in [-0.15, -0.1) is 0 Å². The van der Waals surface area contributed by atoms with E-state index in [4.69, 9.17) is 28.8 Å². The summed E-state index contributed by atoms with van der Waals surface area (Å²) in [6.07, 6.45) is 0. The molecule has 24 heteroatoms. The first-order valence-corrected chi connectivity index (χ1v) is 33.4. The van der Waals surface area contributed by atoms with Crippen molar-refractivity contribution in [1.29, 1.82) is 10.5 Å². The first kappa shape index (κ1) is 79.0. The topological polar surface area (TPSA) is 274 Å². The lowest BCUT2D eigenvalue weighted by atomic mass is 9.72. The second-order valence-electron chi connectivity index (χ2n) is 28.9. The van der Waals surface area contributed by atoms with Crippen molar-refractivity contribution >= 4 is 76.5 Å². The van der Waals surface area contributed by atoms with Gasteiger partial charge in [-0.2, -0.15) is 10.5 Å². The lowest BCUT2D eigenvalue weighted by molar-refractivity contribution is 0.00578. The van der Waals surface area contributed by atoms with Gasteiger partial charge >= 0.3 is 14.2 Å². The van der Waals surface area contributed by atoms with Gasteiger partial charge in [0.1, 0.15) is 29.4 Å². The van der Waals surface area contributed by atoms with E-state index in [0.717, 1.165) is 33.4 Å². The number of carbonyl (C=O) groups excluding carboxylic acids is 6. The maximum Gasteiger partial charge on any atom is 0.498 e. The Hall–Kier alpha value is -9.03. The number of nitrogens with one attached hydrogen (secondary N) is 4. The Balaban J connectivity index is 0.000000236. The van der Waals surface area contributed by atoms with Gasteiger partial charge in [-0.25, -0.2) is 15.0 Å². The van der Waals surface area contributed by atoms with E-state index in [1.54, 1.807) is 81.4 Å². The van der Waals surface area contributed by atoms with Crippen LogP contribution in [0.15, 0.2) is 95.5 Å². The number of rotatable bonds is 11. The molecular formula is C75H94B2BrN9O12. The number of benzene rings is 6. The van der Waals surface area contributed by atoms with Crippen molar-refractivity contribution in [2.24, 2.45) is 0 Å². The van der Waals surface area contributed by atoms with Crippen LogP contribution in [-0.4, -0.2) is 124 Å². The Morgan fingerprint density at radius 3 is 1.20 bits per heavy atom. The molecule has 0 bridgehead atoms. The van der Waals surface area contributed by atoms with Gasteiger partial charge in [-0.05, 0) is 229 Å². The van der Waals surface area contributed by atoms with Crippen molar-refractivity contribution in [2.75, 3.05) is 26.4 Å². The first-order valence-electron chi connectivity index (χ1n) is 32.6. The fourth-order valence-electron chi connectivity index (χ4n) is 11.2. The Labute approximate surface area is 592 Å². The van der Waals surface area contributed by atoms with Crippen molar-refractivity contribution in [2.45, 2.75) is 180 Å². The van der Waals surface area contributed by atoms with E-state index in [1.807, 2.05) is 174 Å². The van der Waals surface area contributed by atoms with Gasteiger partial charge in [0.25, 0.3) is 35.4 Å². The zero-order valence-corrected chi connectivity index (χ0v) is 62.8. The highest BCUT2D eigenvalue weighted by Crippen LogP contribution is 2.38. The molecule has 5 N–H and O–H groups in total. The summed E-state index contributed by atoms with van der Waals surface area (Å²) in [5.41, 5.74) is 16.5. The molecule has 6 aromatic carbocycles. The minimum absolute atomic E-state index is 0.135. The molecule has 1 fully saturated rings. The van der Waals surface area contributed by atoms with E-state index in [9.17, 15) is 39.1 Å². The molecule has 0 radical (unpaired) electrons. The summed E-state index contributed by atoms with van der Waals surface area (Å²) in [4.78, 5) is 80.0. The second kappa shape index (κ2) is 31.9. The highest BCUT2D eigenvalue weighted by Gasteiger charge is 2.53. The van der Waals surface area contributed by atoms with Crippen LogP contribution >= 0.6 is 15.9 Å². The lowest BCUT2D eigenvalue weighted by Gasteiger charge is -2.36. The van der Waals surface area contributed by atoms with E-state index in [0.29, 0.717) is 95.9 Å². The van der Waals surface area contributed by atoms with Crippen LogP contribution in [-0.2, 0) is 9.31 Å². The van der Waals surface area contributed by atoms with Gasteiger partial charge in [0.05, 0.1) is 38.9 Å². The summed E-state index contributed by atoms with van der Waals surface area (Å²) < 4.78 is 30.1. The summed E-state index contributed by atoms with van der Waals surface area (Å²) in [6.45, 7) is 41.9. The van der Waals surface area contributed by atoms with Gasteiger partial charge < -0.3 is 33.8 Å². The number of fused-ring (bicyclic) bond motifs is 1. The molecule has 99 heavy (non-hydrogen) atoms. The fourth-order valence-corrected chi connectivity index (χ4v) is 11.7. The molecule has 0 unspecified atom stereocenters. The fraction of sp³-hybridized carbons (Fsp3) is 0.413. The van der Waals surface area contributed by atoms with E-state index < -0.39 is 59.7 Å². The summed E-state index contributed by atoms with van der Waals surface area (Å²) in [5.74, 6) is -0.949. The van der Waals surface area contributed by atoms with Crippen LogP contribution in [0.4, 0.5) is 0 Å². The van der Waals surface area contributed by atoms with Crippen molar-refractivity contribution in [1.82, 2.24) is 36.5 Å². The number of ether oxygens (including phenoxy) is 3. The molecule has 8 rings (SSSR count). The van der Waals surface area contributed by atoms with Crippen LogP contribution in [0.1, 0.15) is 202 Å². The Kier molecular flexibility index (Phi) is 25.4. The average Bonchev–Trinajstić information content (AvgIpc) is 1.70. The van der Waals surface area contributed by atoms with Crippen molar-refractivity contribution < 1.29 is 57.3 Å². The van der Waals surface area contributed by atoms with Crippen LogP contribution in [0.2, 0.25) is 0 Å². The van der Waals surface area contributed by atoms with E-state index in [-0.39, 0.29) is 30.9 Å². The predicted octanol–water partition coefficient (Wildman–Crippen LogP) is 11.1. The van der Waals surface area contributed by atoms with Crippen LogP contribution in [0.3, 0.4) is 0 Å². The number of halogens is 1. The second-order valence-corrected chi connectivity index (χ2v) is 29.8. The molecule has 0 saturated carbocycles. The number of hydrogen-bond acceptors (Lipinski definition) is 15. The molecule has 2 aliphatic heterocycles. The Morgan fingerprint density at radius 1 is 0.525 bits per heavy atom. The molecular weight excluding hydrogens is 1320 g/mol. The van der Waals surface area contributed by atoms with Crippen molar-refractivity contribution in [3.05, 3.63) is 179 Å². The quantitative estimate of drug-likeness (QED) is 0.0596. The SMILES string of the molecule is Cc1cc(C)cc(C(=O)N(NC(=O)c2ccc(B3OC(C)(C)C(C)(C)O3)c(OCC#N)c2C)C(C)(C)C)c1.Cc1cc(C)cc(C(=O)N(NC(=O)c2ccc(Br)c(OCC#N)c2C)C(C)(C)C)c1.Cc1cc(C)cc(C(=O)N(NC(=O)c2ccc3c(c2C)OCCNB3O)C(C)(C)C)c1. The number of amides is 6. The molecule has 6 aromatic rings. The molecule has 21 nitrogen and oxygen atoms in total. The summed E-state index contributed by atoms with van der Waals surface area (Å²) in [6, 6.07) is 30.7. The van der Waals surface area contributed by atoms with Crippen molar-refractivity contribution in [3.63, 3.8) is 0 Å². The molecule has 524 valence electrons. The van der Waals surface area contributed by atoms with Gasteiger partial charge in [0.2, 0.25) is 0 Å². The summed E-state index contributed by atoms with van der Waals surface area (Å²) in [5, 5.41) is 35.2. The minimum Gasteiger partial charge on any atom is -0.492 e. The van der Waals surface area contributed by atoms with Crippen molar-refractivity contribution in [3.8, 4) is 29.4 Å². The lowest BCUT2D eigenvalue weighted by Crippen LogP contribution is -2.56. The Bertz CT molecular complexity index is 4080. The van der Waals surface area contributed by atoms with Gasteiger partial charge in [0, 0.05) is 67.5 Å². The molecule has 1 saturated heterocycles. The average molecular weight is 1420 g/mol. The number of hydrazine groups is 3. The third-order valence-corrected chi connectivity index (χ3v) is 17.3. The standard InChI is InChI=1S/C29H38BN3O5.C23H30BN3O4.C23H26BrN3O3/c1-18-15-19(2)17-21(16-18)26(35)33(27(4,5)6)32-25(34)22-11-12-23(24(20(22)3)36-14-13-31)30-37-28(7,8)29(9,10)38-30;1-14-11-15(2)13-17(12-14)22(29)27(23(4,5)6)26-21(28)18-7-8-19-20(16(18)3)31-10-9-25-24(19)30;1-14-11-15(2)13-17(12-14)22(29)27(23(4,5)6)26-21(28)18-7-8-19(24)20(16(18)3)30-10-9-25/h11-12,15-17H,14H2,1-10H3,(H,32,34);7-8,11-13,25,30H,9-10H2,1-6H3,(H,26,28);7-8,11-13H,10H2,1-6H3,(H,26,28). The smallest absolute Gasteiger partial charge is 0.492 e. The highest BCUT2D eigenvalue weighted by molar-refractivity contribution is 9.10. The normalized spacial score (nSPS) is 13.8. The Morgan fingerprint density at radius 2 is 0.848 bits per heavy atom. The minimum atomic E-state index is -0.856. The third kappa shape index (κ3) is 19.5. The zero-order valence-electron chi connectivity index (χ0n) is 61.2. The van der Waals surface area contributed by atoms with Gasteiger partial charge in [-0.1, -0.05) is 63.7 Å². The summed E-state index contributed by atoms with van der Waals surface area (Å²) in [7, 11) is -1.59. The van der Waals surface area contributed by atoms with Crippen LogP contribution in [0.5, 0.6) is 17.2 Å². The number of hydrogen-bond donors (Lipinski definition) is 5. The number of nitrogens with zero attached hydrogens (tertiary/aromatic N) is 5. The molecule has 2 heterocycles. The first-order chi connectivity index (χ1) is 45.9. The molecule has 0 atom stereocenters. The summed E-state index contributed by atoms with van der Waals surface area (Å²) >= 11 is 3.38. The van der Waals surface area contributed by atoms with Crippen LogP contribution in [0, 0.1) is 85.0 Å². The third-order valence-electron chi connectivity index (χ3n) is 16.7. The highest BCUT2D eigenvalue weighted by atomic mass is 79.9. The van der Waals surface area contributed by atoms with E-state index in [2.05, 4.69) is 37.4 Å². The maximum atomic E-state index is 13.6. The van der Waals surface area contributed by atoms with Crippen LogP contribution in [0.25, 0.3) is 0 Å². The number of nitriles is 2. The number of carbonyl (C=O) groups is 6. The van der Waals surface area contributed by atoms with E-state index in [1.165, 1.54) is 15.0 Å². The monoisotopic (exact) mass is 1410 g/mol. The predicted molar refractivity (Wildman–Crippen MR) is 388 cm³/mol. The number of aryl methyl sites for hydroxylation is 6. The zero-order chi connectivity index (χ0) is 74.2. The largest absolute Gasteiger partial charge is 0.498 e. The van der Waals surface area contributed by atoms with Gasteiger partial charge in [0.15, 0.2) is 13.2 Å². The molecule has 0 spiro atoms. The van der Waals surface area contributed by atoms with Crippen LogP contribution < -0.4 is 46.6 Å². The maximum absolute atomic E-state index is 13.6. The molecule has 0 aliphatic carbocycles. The van der Waals surface area contributed by atoms with E-state index >= 15 is 0 Å². The molecule has 2 aliphatic rings. The molecule has 6 amide bonds. The van der Waals surface area contributed by atoms with Gasteiger partial charge in [-0.3, -0.25) is 45.0 Å². The molecule has 0 aromatic heterocycles.